The molecule has 0 amide bonds. The second kappa shape index (κ2) is 2.84. The number of aromatic nitrogens is 2. The van der Waals surface area contributed by atoms with Crippen LogP contribution in [0.4, 0.5) is 0 Å². The molecule has 2 rings (SSSR count). The third kappa shape index (κ3) is 1.37. The van der Waals surface area contributed by atoms with Crippen LogP contribution in [0.25, 0.3) is 0 Å². The summed E-state index contributed by atoms with van der Waals surface area (Å²) in [7, 11) is 0. The van der Waals surface area contributed by atoms with Crippen LogP contribution in [0.3, 0.4) is 0 Å². The summed E-state index contributed by atoms with van der Waals surface area (Å²) in [4.78, 5) is 4.62. The van der Waals surface area contributed by atoms with Crippen LogP contribution in [0.5, 0.6) is 0 Å². The van der Waals surface area contributed by atoms with Crippen molar-refractivity contribution in [3.8, 4) is 0 Å². The lowest BCUT2D eigenvalue weighted by molar-refractivity contribution is 0.316. The van der Waals surface area contributed by atoms with Crippen molar-refractivity contribution in [2.45, 2.75) is 39.3 Å². The highest BCUT2D eigenvalue weighted by molar-refractivity contribution is 5.13. The quantitative estimate of drug-likeness (QED) is 0.704. The van der Waals surface area contributed by atoms with Gasteiger partial charge in [0.1, 0.15) is 5.82 Å². The predicted octanol–water partition coefficient (Wildman–Crippen LogP) is 1.28. The number of hydrogen-bond donors (Lipinski definition) is 1. The monoisotopic (exact) mass is 179 g/mol. The van der Waals surface area contributed by atoms with E-state index in [0.29, 0.717) is 0 Å². The van der Waals surface area contributed by atoms with Gasteiger partial charge in [-0.05, 0) is 20.3 Å². The molecule has 0 fully saturated rings. The zero-order valence-electron chi connectivity index (χ0n) is 8.59. The molecule has 0 aromatic carbocycles. The zero-order chi connectivity index (χ0) is 9.47. The summed E-state index contributed by atoms with van der Waals surface area (Å²) >= 11 is 0. The highest BCUT2D eigenvalue weighted by Crippen LogP contribution is 2.22. The zero-order valence-corrected chi connectivity index (χ0v) is 8.59. The Balaban J connectivity index is 2.44. The summed E-state index contributed by atoms with van der Waals surface area (Å²) in [5, 5.41) is 3.47. The molecule has 0 unspecified atom stereocenters. The lowest BCUT2D eigenvalue weighted by Crippen LogP contribution is -2.45. The molecule has 1 aromatic heterocycles. The second-order valence-electron chi connectivity index (χ2n) is 4.15. The third-order valence-corrected chi connectivity index (χ3v) is 2.67. The van der Waals surface area contributed by atoms with Gasteiger partial charge in [-0.1, -0.05) is 6.92 Å². The fraction of sp³-hybridized carbons (Fsp3) is 0.700. The number of nitrogens with zero attached hydrogens (tertiary/aromatic N) is 2. The van der Waals surface area contributed by atoms with E-state index in [4.69, 9.17) is 0 Å². The first-order valence-corrected chi connectivity index (χ1v) is 4.95. The molecule has 0 aliphatic carbocycles. The summed E-state index contributed by atoms with van der Waals surface area (Å²) in [5.41, 5.74) is 1.23. The molecule has 13 heavy (non-hydrogen) atoms. The normalized spacial score (nSPS) is 19.9. The minimum Gasteiger partial charge on any atom is -0.332 e. The van der Waals surface area contributed by atoms with Crippen LogP contribution in [0.15, 0.2) is 6.20 Å². The fourth-order valence-corrected chi connectivity index (χ4v) is 1.88. The van der Waals surface area contributed by atoms with E-state index in [1.54, 1.807) is 0 Å². The third-order valence-electron chi connectivity index (χ3n) is 2.67. The molecule has 0 saturated heterocycles. The molecule has 72 valence electrons. The van der Waals surface area contributed by atoms with Gasteiger partial charge in [-0.2, -0.15) is 0 Å². The van der Waals surface area contributed by atoms with Crippen molar-refractivity contribution >= 4 is 0 Å². The van der Waals surface area contributed by atoms with E-state index in [2.05, 4.69) is 41.8 Å². The van der Waals surface area contributed by atoms with Crippen LogP contribution in [0.2, 0.25) is 0 Å². The standard InChI is InChI=1S/C10H17N3/c1-4-8-7-13-6-5-11-10(2,3)9(13)12-8/h7,11H,4-6H2,1-3H3. The molecule has 0 saturated carbocycles. The Bertz CT molecular complexity index is 312. The highest BCUT2D eigenvalue weighted by Gasteiger charge is 2.28. The maximum absolute atomic E-state index is 4.62. The summed E-state index contributed by atoms with van der Waals surface area (Å²) in [6, 6.07) is 0. The molecular weight excluding hydrogens is 162 g/mol. The van der Waals surface area contributed by atoms with Crippen LogP contribution >= 0.6 is 0 Å². The van der Waals surface area contributed by atoms with Crippen molar-refractivity contribution in [2.75, 3.05) is 6.54 Å². The van der Waals surface area contributed by atoms with E-state index < -0.39 is 0 Å². The van der Waals surface area contributed by atoms with E-state index in [1.807, 2.05) is 0 Å². The van der Waals surface area contributed by atoms with Gasteiger partial charge in [0, 0.05) is 19.3 Å². The lowest BCUT2D eigenvalue weighted by Gasteiger charge is -2.31. The Kier molecular flexibility index (Phi) is 1.91. The molecule has 1 aromatic rings. The minimum atomic E-state index is 0.0334. The van der Waals surface area contributed by atoms with E-state index in [-0.39, 0.29) is 5.54 Å². The summed E-state index contributed by atoms with van der Waals surface area (Å²) in [5.74, 6) is 1.18. The molecule has 2 heterocycles. The molecule has 3 nitrogen and oxygen atoms in total. The Hall–Kier alpha value is -0.830. The maximum Gasteiger partial charge on any atom is 0.128 e. The number of nitrogens with one attached hydrogen (secondary N) is 1. The van der Waals surface area contributed by atoms with E-state index >= 15 is 0 Å². The van der Waals surface area contributed by atoms with Gasteiger partial charge >= 0.3 is 0 Å². The van der Waals surface area contributed by atoms with Crippen molar-refractivity contribution < 1.29 is 0 Å². The summed E-state index contributed by atoms with van der Waals surface area (Å²) in [6.07, 6.45) is 3.20. The van der Waals surface area contributed by atoms with Crippen LogP contribution in [0.1, 0.15) is 32.3 Å². The van der Waals surface area contributed by atoms with Crippen LogP contribution < -0.4 is 5.32 Å². The average Bonchev–Trinajstić information content (AvgIpc) is 2.48. The number of rotatable bonds is 1. The van der Waals surface area contributed by atoms with E-state index in [1.165, 1.54) is 11.5 Å². The van der Waals surface area contributed by atoms with Crippen molar-refractivity contribution in [2.24, 2.45) is 0 Å². The Morgan fingerprint density at radius 3 is 3.00 bits per heavy atom. The van der Waals surface area contributed by atoms with E-state index in [9.17, 15) is 0 Å². The molecular formula is C10H17N3. The van der Waals surface area contributed by atoms with Gasteiger partial charge in [0.05, 0.1) is 11.2 Å². The van der Waals surface area contributed by atoms with Gasteiger partial charge in [-0.25, -0.2) is 4.98 Å². The van der Waals surface area contributed by atoms with Gasteiger partial charge in [0.25, 0.3) is 0 Å². The second-order valence-corrected chi connectivity index (χ2v) is 4.15. The first-order chi connectivity index (χ1) is 6.13. The highest BCUT2D eigenvalue weighted by atomic mass is 15.2. The van der Waals surface area contributed by atoms with Gasteiger partial charge in [0.15, 0.2) is 0 Å². The molecule has 1 aliphatic heterocycles. The van der Waals surface area contributed by atoms with Crippen LogP contribution in [-0.2, 0) is 18.5 Å². The first kappa shape index (κ1) is 8.75. The number of aryl methyl sites for hydroxylation is 1. The van der Waals surface area contributed by atoms with Gasteiger partial charge in [0.2, 0.25) is 0 Å². The number of hydrogen-bond acceptors (Lipinski definition) is 2. The first-order valence-electron chi connectivity index (χ1n) is 4.95. The number of fused-ring (bicyclic) bond motifs is 1. The molecule has 0 atom stereocenters. The molecule has 1 N–H and O–H groups in total. The molecule has 0 spiro atoms. The van der Waals surface area contributed by atoms with Crippen molar-refractivity contribution in [1.29, 1.82) is 0 Å². The summed E-state index contributed by atoms with van der Waals surface area (Å²) in [6.45, 7) is 8.61. The van der Waals surface area contributed by atoms with Crippen molar-refractivity contribution in [3.63, 3.8) is 0 Å². The lowest BCUT2D eigenvalue weighted by atomic mass is 10.0. The molecule has 1 aliphatic rings. The Morgan fingerprint density at radius 2 is 2.38 bits per heavy atom. The molecule has 0 bridgehead atoms. The Labute approximate surface area is 79.2 Å². The SMILES string of the molecule is CCc1cn2c(n1)C(C)(C)NCC2. The largest absolute Gasteiger partial charge is 0.332 e. The minimum absolute atomic E-state index is 0.0334. The molecule has 0 radical (unpaired) electrons. The smallest absolute Gasteiger partial charge is 0.128 e. The topological polar surface area (TPSA) is 29.9 Å². The Morgan fingerprint density at radius 1 is 1.62 bits per heavy atom. The van der Waals surface area contributed by atoms with Crippen LogP contribution in [0, 0.1) is 0 Å². The molecule has 3 heteroatoms. The van der Waals surface area contributed by atoms with E-state index in [0.717, 1.165) is 19.5 Å². The predicted molar refractivity (Wildman–Crippen MR) is 52.6 cm³/mol. The van der Waals surface area contributed by atoms with Crippen molar-refractivity contribution in [1.82, 2.24) is 14.9 Å². The van der Waals surface area contributed by atoms with Gasteiger partial charge in [-0.15, -0.1) is 0 Å². The fourth-order valence-electron chi connectivity index (χ4n) is 1.88. The maximum atomic E-state index is 4.62. The summed E-state index contributed by atoms with van der Waals surface area (Å²) < 4.78 is 2.27. The van der Waals surface area contributed by atoms with Gasteiger partial charge in [-0.3, -0.25) is 0 Å². The number of imidazole rings is 1. The average molecular weight is 179 g/mol. The van der Waals surface area contributed by atoms with Crippen molar-refractivity contribution in [3.05, 3.63) is 17.7 Å². The van der Waals surface area contributed by atoms with Crippen LogP contribution in [-0.4, -0.2) is 16.1 Å². The van der Waals surface area contributed by atoms with Gasteiger partial charge < -0.3 is 9.88 Å².